The number of nitrogens with zero attached hydrogens (tertiary/aromatic N) is 1. The van der Waals surface area contributed by atoms with E-state index in [0.717, 1.165) is 17.0 Å². The van der Waals surface area contributed by atoms with Crippen LogP contribution >= 0.6 is 11.9 Å². The maximum absolute atomic E-state index is 13.1. The van der Waals surface area contributed by atoms with Gasteiger partial charge in [0.15, 0.2) is 0 Å². The first-order valence-electron chi connectivity index (χ1n) is 3.85. The molecule has 12 heavy (non-hydrogen) atoms. The van der Waals surface area contributed by atoms with Crippen LogP contribution in [-0.2, 0) is 6.54 Å². The summed E-state index contributed by atoms with van der Waals surface area (Å²) in [4.78, 5) is 1.09. The largest absolute Gasteiger partial charge is 0.245 e. The van der Waals surface area contributed by atoms with E-state index >= 15 is 0 Å². The standard InChI is InChI=1S/C9H10FNS/c1-6-8(10)4-3-7-5-11(2)12-9(6)7/h3-4H,5H2,1-2H3. The third kappa shape index (κ3) is 1.13. The average Bonchev–Trinajstić information content (AvgIpc) is 2.39. The Kier molecular flexibility index (Phi) is 1.85. The Balaban J connectivity index is 2.54. The molecule has 0 unspecified atom stereocenters. The van der Waals surface area contributed by atoms with Crippen LogP contribution in [0.25, 0.3) is 0 Å². The smallest absolute Gasteiger partial charge is 0.127 e. The highest BCUT2D eigenvalue weighted by molar-refractivity contribution is 7.97. The van der Waals surface area contributed by atoms with E-state index in [1.54, 1.807) is 18.0 Å². The molecule has 0 spiro atoms. The van der Waals surface area contributed by atoms with Crippen molar-refractivity contribution in [2.45, 2.75) is 18.4 Å². The van der Waals surface area contributed by atoms with E-state index in [1.165, 1.54) is 5.56 Å². The van der Waals surface area contributed by atoms with Gasteiger partial charge in [-0.25, -0.2) is 8.70 Å². The first-order valence-corrected chi connectivity index (χ1v) is 4.63. The van der Waals surface area contributed by atoms with Crippen molar-refractivity contribution in [3.63, 3.8) is 0 Å². The van der Waals surface area contributed by atoms with Gasteiger partial charge in [0.1, 0.15) is 5.82 Å². The molecule has 1 heterocycles. The van der Waals surface area contributed by atoms with Crippen LogP contribution < -0.4 is 0 Å². The van der Waals surface area contributed by atoms with Crippen LogP contribution in [0.3, 0.4) is 0 Å². The second kappa shape index (κ2) is 2.75. The summed E-state index contributed by atoms with van der Waals surface area (Å²) in [6.07, 6.45) is 0. The molecule has 0 aromatic heterocycles. The molecule has 1 aromatic rings. The highest BCUT2D eigenvalue weighted by atomic mass is 32.2. The molecule has 1 aliphatic rings. The average molecular weight is 183 g/mol. The van der Waals surface area contributed by atoms with Crippen molar-refractivity contribution in [1.82, 2.24) is 4.31 Å². The molecular weight excluding hydrogens is 173 g/mol. The molecule has 1 nitrogen and oxygen atoms in total. The highest BCUT2D eigenvalue weighted by Crippen LogP contribution is 2.37. The number of hydrogen-bond acceptors (Lipinski definition) is 2. The Bertz CT molecular complexity index is 325. The Morgan fingerprint density at radius 3 is 3.00 bits per heavy atom. The van der Waals surface area contributed by atoms with Gasteiger partial charge in [0.05, 0.1) is 0 Å². The van der Waals surface area contributed by atoms with Crippen molar-refractivity contribution >= 4 is 11.9 Å². The molecule has 0 saturated heterocycles. The van der Waals surface area contributed by atoms with Gasteiger partial charge in [0.25, 0.3) is 0 Å². The second-order valence-electron chi connectivity index (χ2n) is 3.04. The van der Waals surface area contributed by atoms with Crippen LogP contribution in [0.5, 0.6) is 0 Å². The maximum atomic E-state index is 13.1. The molecule has 3 heteroatoms. The second-order valence-corrected chi connectivity index (χ2v) is 4.25. The summed E-state index contributed by atoms with van der Waals surface area (Å²) in [6.45, 7) is 2.75. The third-order valence-corrected chi connectivity index (χ3v) is 3.25. The molecule has 0 saturated carbocycles. The lowest BCUT2D eigenvalue weighted by molar-refractivity contribution is 0.578. The first kappa shape index (κ1) is 8.08. The van der Waals surface area contributed by atoms with Crippen molar-refractivity contribution < 1.29 is 4.39 Å². The van der Waals surface area contributed by atoms with Gasteiger partial charge in [-0.1, -0.05) is 6.07 Å². The molecule has 1 aromatic carbocycles. The van der Waals surface area contributed by atoms with Crippen LogP contribution in [-0.4, -0.2) is 11.4 Å². The number of rotatable bonds is 0. The predicted molar refractivity (Wildman–Crippen MR) is 48.5 cm³/mol. The van der Waals surface area contributed by atoms with Crippen LogP contribution in [0, 0.1) is 12.7 Å². The molecule has 1 aliphatic heterocycles. The fourth-order valence-electron chi connectivity index (χ4n) is 1.40. The summed E-state index contributed by atoms with van der Waals surface area (Å²) >= 11 is 1.63. The van der Waals surface area contributed by atoms with Gasteiger partial charge in [-0.05, 0) is 43.1 Å². The summed E-state index contributed by atoms with van der Waals surface area (Å²) < 4.78 is 15.2. The molecule has 2 rings (SSSR count). The van der Waals surface area contributed by atoms with E-state index < -0.39 is 0 Å². The van der Waals surface area contributed by atoms with E-state index in [-0.39, 0.29) is 5.82 Å². The molecule has 0 fully saturated rings. The predicted octanol–water partition coefficient (Wildman–Crippen LogP) is 2.59. The lowest BCUT2D eigenvalue weighted by atomic mass is 10.1. The topological polar surface area (TPSA) is 3.24 Å². The zero-order valence-corrected chi connectivity index (χ0v) is 7.91. The van der Waals surface area contributed by atoms with Gasteiger partial charge in [0.2, 0.25) is 0 Å². The highest BCUT2D eigenvalue weighted by Gasteiger charge is 2.19. The fourth-order valence-corrected chi connectivity index (χ4v) is 2.40. The molecular formula is C9H10FNS. The zero-order chi connectivity index (χ0) is 8.72. The summed E-state index contributed by atoms with van der Waals surface area (Å²) in [6, 6.07) is 3.42. The number of halogens is 1. The fraction of sp³-hybridized carbons (Fsp3) is 0.333. The van der Waals surface area contributed by atoms with Crippen molar-refractivity contribution in [2.75, 3.05) is 7.05 Å². The first-order chi connectivity index (χ1) is 5.68. The lowest BCUT2D eigenvalue weighted by Gasteiger charge is -2.03. The minimum absolute atomic E-state index is 0.100. The lowest BCUT2D eigenvalue weighted by Crippen LogP contribution is -1.99. The molecule has 0 bridgehead atoms. The SMILES string of the molecule is Cc1c(F)ccc2c1SN(C)C2. The molecule has 0 aliphatic carbocycles. The number of benzene rings is 1. The minimum atomic E-state index is -0.100. The Hall–Kier alpha value is -0.540. The van der Waals surface area contributed by atoms with Gasteiger partial charge < -0.3 is 0 Å². The van der Waals surface area contributed by atoms with E-state index in [4.69, 9.17) is 0 Å². The Labute approximate surface area is 75.7 Å². The monoisotopic (exact) mass is 183 g/mol. The van der Waals surface area contributed by atoms with Crippen molar-refractivity contribution in [2.24, 2.45) is 0 Å². The molecule has 0 atom stereocenters. The van der Waals surface area contributed by atoms with E-state index in [9.17, 15) is 4.39 Å². The van der Waals surface area contributed by atoms with Crippen LogP contribution in [0.15, 0.2) is 17.0 Å². The van der Waals surface area contributed by atoms with Crippen LogP contribution in [0.2, 0.25) is 0 Å². The molecule has 0 amide bonds. The van der Waals surface area contributed by atoms with Gasteiger partial charge in [-0.2, -0.15) is 0 Å². The van der Waals surface area contributed by atoms with E-state index in [2.05, 4.69) is 4.31 Å². The Morgan fingerprint density at radius 1 is 1.50 bits per heavy atom. The van der Waals surface area contributed by atoms with Gasteiger partial charge >= 0.3 is 0 Å². The van der Waals surface area contributed by atoms with E-state index in [1.807, 2.05) is 20.0 Å². The zero-order valence-electron chi connectivity index (χ0n) is 7.10. The summed E-state index contributed by atoms with van der Waals surface area (Å²) in [5.41, 5.74) is 2.02. The van der Waals surface area contributed by atoms with Crippen molar-refractivity contribution in [1.29, 1.82) is 0 Å². The summed E-state index contributed by atoms with van der Waals surface area (Å²) in [5.74, 6) is -0.100. The number of fused-ring (bicyclic) bond motifs is 1. The molecule has 0 radical (unpaired) electrons. The third-order valence-electron chi connectivity index (χ3n) is 2.06. The quantitative estimate of drug-likeness (QED) is 0.569. The molecule has 0 N–H and O–H groups in total. The number of hydrogen-bond donors (Lipinski definition) is 0. The molecule has 64 valence electrons. The minimum Gasteiger partial charge on any atom is -0.245 e. The van der Waals surface area contributed by atoms with Crippen LogP contribution in [0.4, 0.5) is 4.39 Å². The van der Waals surface area contributed by atoms with E-state index in [0.29, 0.717) is 0 Å². The maximum Gasteiger partial charge on any atom is 0.127 e. The van der Waals surface area contributed by atoms with Gasteiger partial charge in [0, 0.05) is 11.4 Å². The summed E-state index contributed by atoms with van der Waals surface area (Å²) in [5, 5.41) is 0. The van der Waals surface area contributed by atoms with Crippen LogP contribution in [0.1, 0.15) is 11.1 Å². The van der Waals surface area contributed by atoms with Crippen molar-refractivity contribution in [3.05, 3.63) is 29.1 Å². The van der Waals surface area contributed by atoms with Gasteiger partial charge in [-0.15, -0.1) is 0 Å². The Morgan fingerprint density at radius 2 is 2.25 bits per heavy atom. The normalized spacial score (nSPS) is 16.6. The van der Waals surface area contributed by atoms with Crippen molar-refractivity contribution in [3.8, 4) is 0 Å². The summed E-state index contributed by atoms with van der Waals surface area (Å²) in [7, 11) is 2.02. The van der Waals surface area contributed by atoms with Gasteiger partial charge in [-0.3, -0.25) is 0 Å².